The molecule has 2 aromatic rings. The van der Waals surface area contributed by atoms with E-state index in [0.29, 0.717) is 0 Å². The van der Waals surface area contributed by atoms with Crippen molar-refractivity contribution in [2.75, 3.05) is 0 Å². The predicted octanol–water partition coefficient (Wildman–Crippen LogP) is 4.38. The number of carbonyl (C=O) groups excluding carboxylic acids is 1. The summed E-state index contributed by atoms with van der Waals surface area (Å²) in [6.07, 6.45) is -3.84. The third kappa shape index (κ3) is 3.64. The molecule has 10 heteroatoms. The molecule has 1 aromatic heterocycles. The molecule has 24 heavy (non-hydrogen) atoms. The fourth-order valence-corrected chi connectivity index (χ4v) is 2.85. The van der Waals surface area contributed by atoms with Crippen LogP contribution >= 0.6 is 23.2 Å². The first-order valence-corrected chi connectivity index (χ1v) is 7.33. The van der Waals surface area contributed by atoms with E-state index in [2.05, 4.69) is 10.4 Å². The fraction of sp³-hybridized carbons (Fsp3) is 0.286. The minimum atomic E-state index is -4.79. The highest BCUT2D eigenvalue weighted by molar-refractivity contribution is 6.36. The van der Waals surface area contributed by atoms with Crippen molar-refractivity contribution >= 4 is 29.1 Å². The van der Waals surface area contributed by atoms with Crippen LogP contribution in [0.25, 0.3) is 0 Å². The molecule has 0 fully saturated rings. The largest absolute Gasteiger partial charge is 0.435 e. The second-order valence-corrected chi connectivity index (χ2v) is 5.80. The number of aryl methyl sites for hydroxylation is 1. The van der Waals surface area contributed by atoms with E-state index < -0.39 is 35.2 Å². The number of carbonyl (C=O) groups is 1. The Kier molecular flexibility index (Phi) is 5.10. The Labute approximate surface area is 144 Å². The van der Waals surface area contributed by atoms with Crippen LogP contribution in [0.2, 0.25) is 10.0 Å². The Morgan fingerprint density at radius 1 is 1.33 bits per heavy atom. The van der Waals surface area contributed by atoms with E-state index in [1.54, 1.807) is 0 Å². The van der Waals surface area contributed by atoms with Gasteiger partial charge in [-0.05, 0) is 19.1 Å². The highest BCUT2D eigenvalue weighted by Gasteiger charge is 2.39. The monoisotopic (exact) mass is 383 g/mol. The van der Waals surface area contributed by atoms with E-state index >= 15 is 0 Å². The predicted molar refractivity (Wildman–Crippen MR) is 80.5 cm³/mol. The standard InChI is InChI=1S/C14H11Cl2F4N3O/c1-6(10-8(15)3-4-9(17)11(10)16)21-13(24)7-5-23(2)22-12(7)14(18,19)20/h3-6H,1-2H3,(H,21,24). The van der Waals surface area contributed by atoms with E-state index in [4.69, 9.17) is 23.2 Å². The molecule has 0 spiro atoms. The van der Waals surface area contributed by atoms with Gasteiger partial charge in [0.05, 0.1) is 16.6 Å². The molecule has 1 unspecified atom stereocenters. The minimum Gasteiger partial charge on any atom is -0.345 e. The van der Waals surface area contributed by atoms with Crippen LogP contribution in [-0.4, -0.2) is 15.7 Å². The summed E-state index contributed by atoms with van der Waals surface area (Å²) in [4.78, 5) is 12.2. The van der Waals surface area contributed by atoms with Gasteiger partial charge in [0.25, 0.3) is 5.91 Å². The normalized spacial score (nSPS) is 13.0. The van der Waals surface area contributed by atoms with Gasteiger partial charge in [-0.15, -0.1) is 0 Å². The summed E-state index contributed by atoms with van der Waals surface area (Å²) >= 11 is 11.8. The SMILES string of the molecule is CC(NC(=O)c1cn(C)nc1C(F)(F)F)c1c(Cl)ccc(F)c1Cl. The number of halogens is 6. The number of alkyl halides is 3. The quantitative estimate of drug-likeness (QED) is 0.631. The number of nitrogens with zero attached hydrogens (tertiary/aromatic N) is 2. The number of aromatic nitrogens is 2. The van der Waals surface area contributed by atoms with E-state index in [-0.39, 0.29) is 15.6 Å². The van der Waals surface area contributed by atoms with Gasteiger partial charge in [0.1, 0.15) is 5.82 Å². The Balaban J connectivity index is 2.33. The molecule has 1 heterocycles. The van der Waals surface area contributed by atoms with Gasteiger partial charge in [-0.25, -0.2) is 4.39 Å². The number of benzene rings is 1. The lowest BCUT2D eigenvalue weighted by atomic mass is 10.1. The highest BCUT2D eigenvalue weighted by Crippen LogP contribution is 2.34. The molecular formula is C14H11Cl2F4N3O. The first kappa shape index (κ1) is 18.5. The van der Waals surface area contributed by atoms with Gasteiger partial charge in [-0.3, -0.25) is 9.48 Å². The summed E-state index contributed by atoms with van der Waals surface area (Å²) in [6.45, 7) is 1.42. The summed E-state index contributed by atoms with van der Waals surface area (Å²) in [5.74, 6) is -1.78. The second-order valence-electron chi connectivity index (χ2n) is 5.01. The maximum atomic E-state index is 13.5. The van der Waals surface area contributed by atoms with Gasteiger partial charge in [-0.1, -0.05) is 23.2 Å². The summed E-state index contributed by atoms with van der Waals surface area (Å²) in [5, 5.41) is 5.34. The molecule has 0 aliphatic rings. The van der Waals surface area contributed by atoms with Crippen molar-refractivity contribution in [3.8, 4) is 0 Å². The molecule has 4 nitrogen and oxygen atoms in total. The molecule has 0 radical (unpaired) electrons. The van der Waals surface area contributed by atoms with Crippen LogP contribution in [0.1, 0.15) is 34.6 Å². The highest BCUT2D eigenvalue weighted by atomic mass is 35.5. The second kappa shape index (κ2) is 6.60. The van der Waals surface area contributed by atoms with Gasteiger partial charge in [-0.2, -0.15) is 18.3 Å². The lowest BCUT2D eigenvalue weighted by molar-refractivity contribution is -0.141. The molecule has 0 aliphatic heterocycles. The van der Waals surface area contributed by atoms with Crippen molar-refractivity contribution in [2.24, 2.45) is 7.05 Å². The summed E-state index contributed by atoms with van der Waals surface area (Å²) in [7, 11) is 1.26. The van der Waals surface area contributed by atoms with Gasteiger partial charge in [0, 0.05) is 23.8 Å². The number of rotatable bonds is 3. The van der Waals surface area contributed by atoms with Crippen LogP contribution in [0.4, 0.5) is 17.6 Å². The van der Waals surface area contributed by atoms with Crippen LogP contribution in [0, 0.1) is 5.82 Å². The molecule has 130 valence electrons. The van der Waals surface area contributed by atoms with Crippen molar-refractivity contribution in [3.63, 3.8) is 0 Å². The lowest BCUT2D eigenvalue weighted by Gasteiger charge is -2.17. The molecule has 0 saturated carbocycles. The van der Waals surface area contributed by atoms with Crippen molar-refractivity contribution < 1.29 is 22.4 Å². The smallest absolute Gasteiger partial charge is 0.345 e. The Hall–Kier alpha value is -1.80. The lowest BCUT2D eigenvalue weighted by Crippen LogP contribution is -2.28. The van der Waals surface area contributed by atoms with Crippen molar-refractivity contribution in [3.05, 3.63) is 51.0 Å². The van der Waals surface area contributed by atoms with Gasteiger partial charge in [0.15, 0.2) is 5.69 Å². The molecule has 1 amide bonds. The topological polar surface area (TPSA) is 46.9 Å². The van der Waals surface area contributed by atoms with E-state index in [0.717, 1.165) is 16.9 Å². The van der Waals surface area contributed by atoms with E-state index in [1.165, 1.54) is 20.0 Å². The average molecular weight is 384 g/mol. The summed E-state index contributed by atoms with van der Waals surface area (Å²) in [6, 6.07) is 1.37. The minimum absolute atomic E-state index is 0.0733. The van der Waals surface area contributed by atoms with Crippen LogP contribution < -0.4 is 5.32 Å². The first-order valence-electron chi connectivity index (χ1n) is 6.57. The van der Waals surface area contributed by atoms with Crippen molar-refractivity contribution in [1.29, 1.82) is 0 Å². The van der Waals surface area contributed by atoms with Crippen molar-refractivity contribution in [2.45, 2.75) is 19.1 Å². The maximum absolute atomic E-state index is 13.5. The Morgan fingerprint density at radius 2 is 1.96 bits per heavy atom. The maximum Gasteiger partial charge on any atom is 0.435 e. The van der Waals surface area contributed by atoms with Gasteiger partial charge >= 0.3 is 6.18 Å². The third-order valence-electron chi connectivity index (χ3n) is 3.20. The zero-order valence-electron chi connectivity index (χ0n) is 12.4. The number of hydrogen-bond acceptors (Lipinski definition) is 2. The zero-order chi connectivity index (χ0) is 18.2. The molecular weight excluding hydrogens is 373 g/mol. The molecule has 1 N–H and O–H groups in total. The van der Waals surface area contributed by atoms with Gasteiger partial charge < -0.3 is 5.32 Å². The number of hydrogen-bond donors (Lipinski definition) is 1. The van der Waals surface area contributed by atoms with Crippen molar-refractivity contribution in [1.82, 2.24) is 15.1 Å². The molecule has 1 atom stereocenters. The molecule has 2 rings (SSSR count). The molecule has 0 aliphatic carbocycles. The Bertz CT molecular complexity index is 789. The summed E-state index contributed by atoms with van der Waals surface area (Å²) < 4.78 is 53.2. The average Bonchev–Trinajstić information content (AvgIpc) is 2.85. The number of amides is 1. The molecule has 1 aromatic carbocycles. The molecule has 0 saturated heterocycles. The van der Waals surface area contributed by atoms with Crippen LogP contribution in [-0.2, 0) is 13.2 Å². The van der Waals surface area contributed by atoms with Crippen LogP contribution in [0.5, 0.6) is 0 Å². The molecule has 0 bridgehead atoms. The van der Waals surface area contributed by atoms with Crippen LogP contribution in [0.3, 0.4) is 0 Å². The van der Waals surface area contributed by atoms with E-state index in [9.17, 15) is 22.4 Å². The first-order chi connectivity index (χ1) is 11.0. The van der Waals surface area contributed by atoms with Crippen LogP contribution in [0.15, 0.2) is 18.3 Å². The zero-order valence-corrected chi connectivity index (χ0v) is 13.9. The van der Waals surface area contributed by atoms with Gasteiger partial charge in [0.2, 0.25) is 0 Å². The Morgan fingerprint density at radius 3 is 2.54 bits per heavy atom. The number of nitrogens with one attached hydrogen (secondary N) is 1. The summed E-state index contributed by atoms with van der Waals surface area (Å²) in [5.41, 5.74) is -1.89. The third-order valence-corrected chi connectivity index (χ3v) is 3.92. The van der Waals surface area contributed by atoms with E-state index in [1.807, 2.05) is 0 Å². The fourth-order valence-electron chi connectivity index (χ4n) is 2.15.